The molecule has 1 heterocycles. The van der Waals surface area contributed by atoms with Crippen molar-refractivity contribution in [3.8, 4) is 0 Å². The molecule has 160 valence electrons. The summed E-state index contributed by atoms with van der Waals surface area (Å²) in [6.07, 6.45) is 2.34. The summed E-state index contributed by atoms with van der Waals surface area (Å²) < 4.78 is 0. The number of nitrogens with one attached hydrogen (secondary N) is 1. The van der Waals surface area contributed by atoms with Crippen molar-refractivity contribution < 1.29 is 14.4 Å². The van der Waals surface area contributed by atoms with Crippen LogP contribution in [0.2, 0.25) is 5.02 Å². The molecule has 0 atom stereocenters. The monoisotopic (exact) mass is 462 g/mol. The lowest BCUT2D eigenvalue weighted by molar-refractivity contribution is -0.122. The number of urea groups is 1. The molecule has 4 rings (SSSR count). The summed E-state index contributed by atoms with van der Waals surface area (Å²) in [4.78, 5) is 40.7. The van der Waals surface area contributed by atoms with E-state index in [1.165, 1.54) is 6.08 Å². The molecular formula is C25H19ClN2O3S. The third-order valence-electron chi connectivity index (χ3n) is 4.94. The summed E-state index contributed by atoms with van der Waals surface area (Å²) in [7, 11) is 0. The first-order valence-corrected chi connectivity index (χ1v) is 11.2. The van der Waals surface area contributed by atoms with E-state index in [1.807, 2.05) is 67.6 Å². The van der Waals surface area contributed by atoms with Gasteiger partial charge >= 0.3 is 6.03 Å². The number of aryl methyl sites for hydroxylation is 1. The van der Waals surface area contributed by atoms with Gasteiger partial charge in [0, 0.05) is 14.8 Å². The minimum atomic E-state index is -0.754. The quantitative estimate of drug-likeness (QED) is 0.389. The molecule has 3 aromatic rings. The van der Waals surface area contributed by atoms with Gasteiger partial charge in [0.15, 0.2) is 0 Å². The van der Waals surface area contributed by atoms with Gasteiger partial charge in [0.25, 0.3) is 11.8 Å². The van der Waals surface area contributed by atoms with Crippen LogP contribution in [0.1, 0.15) is 18.1 Å². The fraction of sp³-hybridized carbons (Fsp3) is 0.0800. The number of nitrogens with zero attached hydrogens (tertiary/aromatic N) is 1. The summed E-state index contributed by atoms with van der Waals surface area (Å²) in [6, 6.07) is 21.4. The molecule has 1 saturated heterocycles. The predicted molar refractivity (Wildman–Crippen MR) is 127 cm³/mol. The van der Waals surface area contributed by atoms with Gasteiger partial charge in [0.1, 0.15) is 5.57 Å². The fourth-order valence-electron chi connectivity index (χ4n) is 3.21. The van der Waals surface area contributed by atoms with Gasteiger partial charge in [-0.2, -0.15) is 0 Å². The third kappa shape index (κ3) is 4.77. The van der Waals surface area contributed by atoms with Crippen LogP contribution in [0.15, 0.2) is 88.2 Å². The van der Waals surface area contributed by atoms with Crippen LogP contribution in [0, 0.1) is 0 Å². The minimum absolute atomic E-state index is 0.0951. The van der Waals surface area contributed by atoms with Crippen molar-refractivity contribution in [2.75, 3.05) is 4.90 Å². The average Bonchev–Trinajstić information content (AvgIpc) is 2.79. The van der Waals surface area contributed by atoms with Crippen molar-refractivity contribution >= 4 is 53.0 Å². The average molecular weight is 463 g/mol. The molecule has 1 fully saturated rings. The topological polar surface area (TPSA) is 66.5 Å². The number of halogens is 1. The zero-order chi connectivity index (χ0) is 22.7. The maximum Gasteiger partial charge on any atom is 0.335 e. The molecule has 3 aromatic carbocycles. The first-order chi connectivity index (χ1) is 15.4. The molecule has 1 N–H and O–H groups in total. The molecule has 0 radical (unpaired) electrons. The highest BCUT2D eigenvalue weighted by Gasteiger charge is 2.36. The van der Waals surface area contributed by atoms with Crippen molar-refractivity contribution in [1.82, 2.24) is 5.32 Å². The van der Waals surface area contributed by atoms with Gasteiger partial charge in [0.2, 0.25) is 0 Å². The Balaban J connectivity index is 1.56. The van der Waals surface area contributed by atoms with Crippen LogP contribution in [-0.2, 0) is 16.0 Å². The van der Waals surface area contributed by atoms with Gasteiger partial charge < -0.3 is 0 Å². The Kier molecular flexibility index (Phi) is 6.44. The Bertz CT molecular complexity index is 1200. The number of benzene rings is 3. The highest BCUT2D eigenvalue weighted by Crippen LogP contribution is 2.29. The molecule has 5 nitrogen and oxygen atoms in total. The fourth-order valence-corrected chi connectivity index (χ4v) is 4.15. The molecule has 4 amide bonds. The first kappa shape index (κ1) is 21.9. The molecule has 0 unspecified atom stereocenters. The standard InChI is InChI=1S/C25H19ClN2O3S/c1-2-16-3-9-19(10-4-16)28-24(30)22(23(29)27-25(28)31)15-17-5-11-20(12-6-17)32-21-13-7-18(26)8-14-21/h3-15H,2H2,1H3,(H,27,29,31)/b22-15+. The molecule has 32 heavy (non-hydrogen) atoms. The SMILES string of the molecule is CCc1ccc(N2C(=O)NC(=O)/C(=C\c3ccc(Sc4ccc(Cl)cc4)cc3)C2=O)cc1. The van der Waals surface area contributed by atoms with Gasteiger partial charge in [-0.25, -0.2) is 9.69 Å². The van der Waals surface area contributed by atoms with Crippen LogP contribution in [-0.4, -0.2) is 17.8 Å². The Morgan fingerprint density at radius 2 is 1.47 bits per heavy atom. The number of amides is 4. The summed E-state index contributed by atoms with van der Waals surface area (Å²) in [5, 5.41) is 2.93. The summed E-state index contributed by atoms with van der Waals surface area (Å²) in [5.41, 5.74) is 2.08. The van der Waals surface area contributed by atoms with Crippen LogP contribution >= 0.6 is 23.4 Å². The van der Waals surface area contributed by atoms with E-state index in [2.05, 4.69) is 5.32 Å². The number of barbiturate groups is 1. The van der Waals surface area contributed by atoms with E-state index < -0.39 is 17.8 Å². The second-order valence-electron chi connectivity index (χ2n) is 7.10. The van der Waals surface area contributed by atoms with Gasteiger partial charge in [-0.05, 0) is 72.2 Å². The number of hydrogen-bond donors (Lipinski definition) is 1. The number of imide groups is 2. The Hall–Kier alpha value is -3.35. The third-order valence-corrected chi connectivity index (χ3v) is 6.21. The maximum absolute atomic E-state index is 13.0. The van der Waals surface area contributed by atoms with Gasteiger partial charge in [0.05, 0.1) is 5.69 Å². The lowest BCUT2D eigenvalue weighted by atomic mass is 10.1. The molecule has 7 heteroatoms. The Labute approximate surface area is 195 Å². The zero-order valence-electron chi connectivity index (χ0n) is 17.2. The van der Waals surface area contributed by atoms with E-state index >= 15 is 0 Å². The normalized spacial score (nSPS) is 15.2. The molecule has 1 aliphatic heterocycles. The zero-order valence-corrected chi connectivity index (χ0v) is 18.7. The van der Waals surface area contributed by atoms with Crippen molar-refractivity contribution in [2.45, 2.75) is 23.1 Å². The van der Waals surface area contributed by atoms with Crippen molar-refractivity contribution in [2.24, 2.45) is 0 Å². The second-order valence-corrected chi connectivity index (χ2v) is 8.69. The molecule has 0 bridgehead atoms. The van der Waals surface area contributed by atoms with Crippen LogP contribution in [0.4, 0.5) is 10.5 Å². The lowest BCUT2D eigenvalue weighted by Crippen LogP contribution is -2.54. The van der Waals surface area contributed by atoms with Gasteiger partial charge in [-0.3, -0.25) is 14.9 Å². The summed E-state index contributed by atoms with van der Waals surface area (Å²) in [5.74, 6) is -1.36. The number of carbonyl (C=O) groups is 3. The Morgan fingerprint density at radius 1 is 0.875 bits per heavy atom. The van der Waals surface area contributed by atoms with E-state index in [-0.39, 0.29) is 5.57 Å². The van der Waals surface area contributed by atoms with E-state index in [9.17, 15) is 14.4 Å². The highest BCUT2D eigenvalue weighted by atomic mass is 35.5. The smallest absolute Gasteiger partial charge is 0.273 e. The minimum Gasteiger partial charge on any atom is -0.273 e. The van der Waals surface area contributed by atoms with Gasteiger partial charge in [-0.15, -0.1) is 0 Å². The van der Waals surface area contributed by atoms with Crippen LogP contribution in [0.25, 0.3) is 6.08 Å². The van der Waals surface area contributed by atoms with Crippen LogP contribution in [0.3, 0.4) is 0 Å². The molecule has 1 aliphatic rings. The van der Waals surface area contributed by atoms with Crippen molar-refractivity contribution in [3.63, 3.8) is 0 Å². The van der Waals surface area contributed by atoms with E-state index in [4.69, 9.17) is 11.6 Å². The summed E-state index contributed by atoms with van der Waals surface area (Å²) >= 11 is 7.50. The second kappa shape index (κ2) is 9.42. The first-order valence-electron chi connectivity index (χ1n) is 9.98. The van der Waals surface area contributed by atoms with E-state index in [0.29, 0.717) is 16.3 Å². The largest absolute Gasteiger partial charge is 0.335 e. The number of carbonyl (C=O) groups excluding carboxylic acids is 3. The molecular weight excluding hydrogens is 444 g/mol. The molecule has 0 aromatic heterocycles. The van der Waals surface area contributed by atoms with Crippen LogP contribution < -0.4 is 10.2 Å². The number of anilines is 1. The summed E-state index contributed by atoms with van der Waals surface area (Å²) in [6.45, 7) is 2.02. The highest BCUT2D eigenvalue weighted by molar-refractivity contribution is 7.99. The molecule has 0 spiro atoms. The number of hydrogen-bond acceptors (Lipinski definition) is 4. The lowest BCUT2D eigenvalue weighted by Gasteiger charge is -2.26. The van der Waals surface area contributed by atoms with E-state index in [1.54, 1.807) is 23.9 Å². The molecule has 0 aliphatic carbocycles. The predicted octanol–water partition coefficient (Wildman–Crippen LogP) is 5.72. The maximum atomic E-state index is 13.0. The van der Waals surface area contributed by atoms with Crippen LogP contribution in [0.5, 0.6) is 0 Å². The van der Waals surface area contributed by atoms with Gasteiger partial charge in [-0.1, -0.05) is 54.6 Å². The number of rotatable bonds is 5. The van der Waals surface area contributed by atoms with Crippen molar-refractivity contribution in [1.29, 1.82) is 0 Å². The Morgan fingerprint density at radius 3 is 2.06 bits per heavy atom. The molecule has 0 saturated carbocycles. The van der Waals surface area contributed by atoms with Crippen molar-refractivity contribution in [3.05, 3.63) is 94.5 Å². The van der Waals surface area contributed by atoms with E-state index in [0.717, 1.165) is 26.7 Å².